The Morgan fingerprint density at radius 2 is 2.05 bits per heavy atom. The van der Waals surface area contributed by atoms with Crippen LogP contribution in [0.1, 0.15) is 43.6 Å². The number of benzene rings is 1. The number of aromatic nitrogens is 2. The zero-order valence-electron chi connectivity index (χ0n) is 11.3. The van der Waals surface area contributed by atoms with Gasteiger partial charge in [-0.25, -0.2) is 0 Å². The van der Waals surface area contributed by atoms with Crippen molar-refractivity contribution in [2.24, 2.45) is 5.73 Å². The maximum absolute atomic E-state index is 5.93. The van der Waals surface area contributed by atoms with Crippen molar-refractivity contribution in [2.45, 2.75) is 31.7 Å². The molecule has 4 nitrogen and oxygen atoms in total. The number of hydrogen-bond acceptors (Lipinski definition) is 4. The van der Waals surface area contributed by atoms with Crippen molar-refractivity contribution < 1.29 is 4.52 Å². The summed E-state index contributed by atoms with van der Waals surface area (Å²) in [4.78, 5) is 4.43. The Morgan fingerprint density at radius 3 is 2.68 bits per heavy atom. The van der Waals surface area contributed by atoms with E-state index >= 15 is 0 Å². The SMILES string of the molecule is C=CCC(N)c1nc(C(C)(C)c2ccccc2)no1. The summed E-state index contributed by atoms with van der Waals surface area (Å²) < 4.78 is 5.25. The molecular weight excluding hydrogens is 238 g/mol. The fourth-order valence-electron chi connectivity index (χ4n) is 1.90. The van der Waals surface area contributed by atoms with Crippen LogP contribution in [-0.2, 0) is 5.41 Å². The van der Waals surface area contributed by atoms with E-state index in [2.05, 4.69) is 42.7 Å². The van der Waals surface area contributed by atoms with Gasteiger partial charge in [-0.15, -0.1) is 6.58 Å². The molecule has 4 heteroatoms. The molecule has 19 heavy (non-hydrogen) atoms. The average molecular weight is 257 g/mol. The van der Waals surface area contributed by atoms with Gasteiger partial charge in [0.2, 0.25) is 5.89 Å². The van der Waals surface area contributed by atoms with Crippen molar-refractivity contribution >= 4 is 0 Å². The predicted molar refractivity (Wildman–Crippen MR) is 74.6 cm³/mol. The summed E-state index contributed by atoms with van der Waals surface area (Å²) in [6.07, 6.45) is 2.37. The third kappa shape index (κ3) is 2.74. The maximum atomic E-state index is 5.93. The first-order valence-corrected chi connectivity index (χ1v) is 6.31. The topological polar surface area (TPSA) is 64.9 Å². The first kappa shape index (κ1) is 13.5. The van der Waals surface area contributed by atoms with E-state index in [9.17, 15) is 0 Å². The number of nitrogens with two attached hydrogens (primary N) is 1. The van der Waals surface area contributed by atoms with E-state index in [1.54, 1.807) is 6.08 Å². The summed E-state index contributed by atoms with van der Waals surface area (Å²) in [7, 11) is 0. The van der Waals surface area contributed by atoms with Gasteiger partial charge >= 0.3 is 0 Å². The minimum absolute atomic E-state index is 0.287. The van der Waals surface area contributed by atoms with Crippen LogP contribution < -0.4 is 5.73 Å². The van der Waals surface area contributed by atoms with E-state index in [-0.39, 0.29) is 11.5 Å². The second-order valence-corrected chi connectivity index (χ2v) is 5.08. The van der Waals surface area contributed by atoms with Crippen molar-refractivity contribution in [3.8, 4) is 0 Å². The fraction of sp³-hybridized carbons (Fsp3) is 0.333. The predicted octanol–water partition coefficient (Wildman–Crippen LogP) is 2.97. The summed E-state index contributed by atoms with van der Waals surface area (Å²) >= 11 is 0. The van der Waals surface area contributed by atoms with Crippen LogP contribution in [0.15, 0.2) is 47.5 Å². The highest BCUT2D eigenvalue weighted by molar-refractivity contribution is 5.30. The minimum atomic E-state index is -0.309. The van der Waals surface area contributed by atoms with Gasteiger partial charge in [0, 0.05) is 0 Å². The Balaban J connectivity index is 2.29. The van der Waals surface area contributed by atoms with E-state index in [1.165, 1.54) is 0 Å². The molecule has 0 aliphatic rings. The Kier molecular flexibility index (Phi) is 3.81. The van der Waals surface area contributed by atoms with Crippen molar-refractivity contribution in [1.29, 1.82) is 0 Å². The van der Waals surface area contributed by atoms with E-state index in [1.807, 2.05) is 18.2 Å². The highest BCUT2D eigenvalue weighted by Gasteiger charge is 2.29. The number of nitrogens with zero attached hydrogens (tertiary/aromatic N) is 2. The van der Waals surface area contributed by atoms with Crippen LogP contribution in [0, 0.1) is 0 Å². The van der Waals surface area contributed by atoms with Gasteiger partial charge in [-0.05, 0) is 25.8 Å². The smallest absolute Gasteiger partial charge is 0.243 e. The van der Waals surface area contributed by atoms with Gasteiger partial charge in [0.15, 0.2) is 5.82 Å². The summed E-state index contributed by atoms with van der Waals surface area (Å²) in [5.41, 5.74) is 6.76. The van der Waals surface area contributed by atoms with Crippen molar-refractivity contribution in [3.05, 3.63) is 60.3 Å². The Labute approximate surface area is 113 Å². The lowest BCUT2D eigenvalue weighted by Gasteiger charge is -2.20. The van der Waals surface area contributed by atoms with Crippen molar-refractivity contribution in [3.63, 3.8) is 0 Å². The molecule has 1 atom stereocenters. The van der Waals surface area contributed by atoms with Crippen LogP contribution in [-0.4, -0.2) is 10.1 Å². The molecule has 0 fully saturated rings. The van der Waals surface area contributed by atoms with E-state index in [4.69, 9.17) is 10.3 Å². The third-order valence-electron chi connectivity index (χ3n) is 3.23. The van der Waals surface area contributed by atoms with E-state index in [0.29, 0.717) is 18.1 Å². The largest absolute Gasteiger partial charge is 0.338 e. The fourth-order valence-corrected chi connectivity index (χ4v) is 1.90. The lowest BCUT2D eigenvalue weighted by molar-refractivity contribution is 0.346. The maximum Gasteiger partial charge on any atom is 0.243 e. The number of hydrogen-bond donors (Lipinski definition) is 1. The van der Waals surface area contributed by atoms with Crippen LogP contribution in [0.3, 0.4) is 0 Å². The molecule has 0 amide bonds. The second kappa shape index (κ2) is 5.36. The van der Waals surface area contributed by atoms with Gasteiger partial charge in [-0.3, -0.25) is 0 Å². The molecule has 2 rings (SSSR count). The number of rotatable bonds is 5. The van der Waals surface area contributed by atoms with Crippen LogP contribution in [0.2, 0.25) is 0 Å². The molecule has 0 saturated carbocycles. The molecule has 2 N–H and O–H groups in total. The van der Waals surface area contributed by atoms with E-state index < -0.39 is 0 Å². The van der Waals surface area contributed by atoms with Crippen molar-refractivity contribution in [2.75, 3.05) is 0 Å². The zero-order chi connectivity index (χ0) is 13.9. The lowest BCUT2D eigenvalue weighted by atomic mass is 9.84. The van der Waals surface area contributed by atoms with Gasteiger partial charge < -0.3 is 10.3 Å². The molecule has 0 saturated heterocycles. The molecule has 1 unspecified atom stereocenters. The molecule has 0 aliphatic heterocycles. The summed E-state index contributed by atoms with van der Waals surface area (Å²) in [6.45, 7) is 7.79. The first-order valence-electron chi connectivity index (χ1n) is 6.31. The highest BCUT2D eigenvalue weighted by atomic mass is 16.5. The molecule has 0 radical (unpaired) electrons. The van der Waals surface area contributed by atoms with Crippen LogP contribution in [0.5, 0.6) is 0 Å². The molecule has 100 valence electrons. The average Bonchev–Trinajstić information content (AvgIpc) is 2.90. The van der Waals surface area contributed by atoms with Crippen LogP contribution >= 0.6 is 0 Å². The Hall–Kier alpha value is -1.94. The molecule has 0 bridgehead atoms. The Bertz CT molecular complexity index is 546. The quantitative estimate of drug-likeness (QED) is 0.836. The third-order valence-corrected chi connectivity index (χ3v) is 3.23. The van der Waals surface area contributed by atoms with Gasteiger partial charge in [0.25, 0.3) is 0 Å². The molecule has 1 heterocycles. The summed E-state index contributed by atoms with van der Waals surface area (Å²) in [6, 6.07) is 9.81. The lowest BCUT2D eigenvalue weighted by Crippen LogP contribution is -2.21. The normalized spacial score (nSPS) is 13.2. The van der Waals surface area contributed by atoms with E-state index in [0.717, 1.165) is 5.56 Å². The van der Waals surface area contributed by atoms with Gasteiger partial charge in [0.05, 0.1) is 11.5 Å². The van der Waals surface area contributed by atoms with Crippen LogP contribution in [0.25, 0.3) is 0 Å². The summed E-state index contributed by atoms with van der Waals surface area (Å²) in [5, 5.41) is 4.07. The zero-order valence-corrected chi connectivity index (χ0v) is 11.3. The minimum Gasteiger partial charge on any atom is -0.338 e. The molecule has 2 aromatic rings. The monoisotopic (exact) mass is 257 g/mol. The molecule has 0 spiro atoms. The van der Waals surface area contributed by atoms with Gasteiger partial charge in [-0.1, -0.05) is 41.6 Å². The highest BCUT2D eigenvalue weighted by Crippen LogP contribution is 2.29. The standard InChI is InChI=1S/C15H19N3O/c1-4-8-12(16)13-17-14(18-19-13)15(2,3)11-9-6-5-7-10-11/h4-7,9-10,12H,1,8,16H2,2-3H3. The van der Waals surface area contributed by atoms with Crippen molar-refractivity contribution in [1.82, 2.24) is 10.1 Å². The molecular formula is C15H19N3O. The second-order valence-electron chi connectivity index (χ2n) is 5.08. The van der Waals surface area contributed by atoms with Crippen LogP contribution in [0.4, 0.5) is 0 Å². The first-order chi connectivity index (χ1) is 9.05. The van der Waals surface area contributed by atoms with Gasteiger partial charge in [0.1, 0.15) is 0 Å². The molecule has 1 aromatic heterocycles. The molecule has 1 aromatic carbocycles. The van der Waals surface area contributed by atoms with Gasteiger partial charge in [-0.2, -0.15) is 4.98 Å². The molecule has 0 aliphatic carbocycles. The Morgan fingerprint density at radius 1 is 1.37 bits per heavy atom. The summed E-state index contributed by atoms with van der Waals surface area (Å²) in [5.74, 6) is 1.10.